The molecule has 0 aliphatic rings. The first-order valence-electron chi connectivity index (χ1n) is 5.97. The van der Waals surface area contributed by atoms with Crippen molar-refractivity contribution in [2.45, 2.75) is 13.1 Å². The summed E-state index contributed by atoms with van der Waals surface area (Å²) in [5.41, 5.74) is 8.24. The summed E-state index contributed by atoms with van der Waals surface area (Å²) >= 11 is 0. The molecule has 0 amide bonds. The molecule has 0 atom stereocenters. The molecule has 2 rings (SSSR count). The predicted octanol–water partition coefficient (Wildman–Crippen LogP) is 1.47. The highest BCUT2D eigenvalue weighted by Crippen LogP contribution is 2.03. The van der Waals surface area contributed by atoms with E-state index in [-0.39, 0.29) is 5.84 Å². The molecule has 0 fully saturated rings. The van der Waals surface area contributed by atoms with Gasteiger partial charge >= 0.3 is 0 Å². The quantitative estimate of drug-likeness (QED) is 0.327. The molecule has 98 valence electrons. The number of nitrogens with zero attached hydrogens (tertiary/aromatic N) is 2. The molecule has 0 aliphatic heterocycles. The molecule has 4 N–H and O–H groups in total. The highest BCUT2D eigenvalue weighted by molar-refractivity contribution is 5.95. The lowest BCUT2D eigenvalue weighted by atomic mass is 10.2. The summed E-state index contributed by atoms with van der Waals surface area (Å²) in [6, 6.07) is 13.9. The van der Waals surface area contributed by atoms with E-state index in [1.54, 1.807) is 12.3 Å². The van der Waals surface area contributed by atoms with E-state index < -0.39 is 0 Å². The average Bonchev–Trinajstić information content (AvgIpc) is 2.48. The average molecular weight is 256 g/mol. The van der Waals surface area contributed by atoms with Crippen LogP contribution in [0.2, 0.25) is 0 Å². The van der Waals surface area contributed by atoms with Crippen molar-refractivity contribution in [2.24, 2.45) is 10.9 Å². The number of nitrogens with one attached hydrogen (secondary N) is 1. The van der Waals surface area contributed by atoms with Gasteiger partial charge in [0.15, 0.2) is 5.84 Å². The second-order valence-corrected chi connectivity index (χ2v) is 4.12. The number of hydrogen-bond acceptors (Lipinski definition) is 4. The van der Waals surface area contributed by atoms with E-state index in [0.29, 0.717) is 12.2 Å². The van der Waals surface area contributed by atoms with Crippen molar-refractivity contribution in [3.63, 3.8) is 0 Å². The van der Waals surface area contributed by atoms with Gasteiger partial charge in [-0.25, -0.2) is 0 Å². The molecule has 2 aromatic rings. The molecule has 0 saturated carbocycles. The maximum Gasteiger partial charge on any atom is 0.188 e. The summed E-state index contributed by atoms with van der Waals surface area (Å²) in [6.45, 7) is 1.49. The standard InChI is InChI=1S/C14H16N4O/c15-14(18-19)13-8-12(6-7-17-13)10-16-9-11-4-2-1-3-5-11/h1-8,16,19H,9-10H2,(H2,15,18). The minimum absolute atomic E-state index is 0.0184. The molecule has 1 aromatic heterocycles. The molecule has 5 nitrogen and oxygen atoms in total. The SMILES string of the molecule is NC(=NO)c1cc(CNCc2ccccc2)ccn1. The van der Waals surface area contributed by atoms with Crippen LogP contribution < -0.4 is 11.1 Å². The Morgan fingerprint density at radius 2 is 1.89 bits per heavy atom. The summed E-state index contributed by atoms with van der Waals surface area (Å²) in [5, 5.41) is 14.9. The van der Waals surface area contributed by atoms with Crippen LogP contribution in [-0.4, -0.2) is 16.0 Å². The molecule has 0 spiro atoms. The van der Waals surface area contributed by atoms with Crippen LogP contribution in [0.1, 0.15) is 16.8 Å². The van der Waals surface area contributed by atoms with E-state index in [0.717, 1.165) is 12.1 Å². The van der Waals surface area contributed by atoms with Crippen LogP contribution in [0, 0.1) is 0 Å². The molecular weight excluding hydrogens is 240 g/mol. The first kappa shape index (κ1) is 13.0. The minimum atomic E-state index is 0.0184. The van der Waals surface area contributed by atoms with Gasteiger partial charge in [-0.3, -0.25) is 4.98 Å². The summed E-state index contributed by atoms with van der Waals surface area (Å²) < 4.78 is 0. The largest absolute Gasteiger partial charge is 0.409 e. The Labute approximate surface area is 111 Å². The van der Waals surface area contributed by atoms with Gasteiger partial charge in [-0.15, -0.1) is 0 Å². The fraction of sp³-hybridized carbons (Fsp3) is 0.143. The van der Waals surface area contributed by atoms with Crippen LogP contribution in [0.3, 0.4) is 0 Å². The number of aromatic nitrogens is 1. The van der Waals surface area contributed by atoms with Crippen LogP contribution in [0.5, 0.6) is 0 Å². The molecule has 0 aliphatic carbocycles. The lowest BCUT2D eigenvalue weighted by Gasteiger charge is -2.06. The van der Waals surface area contributed by atoms with Crippen molar-refractivity contribution in [1.82, 2.24) is 10.3 Å². The van der Waals surface area contributed by atoms with Crippen molar-refractivity contribution < 1.29 is 5.21 Å². The predicted molar refractivity (Wildman–Crippen MR) is 73.7 cm³/mol. The number of nitrogens with two attached hydrogens (primary N) is 1. The molecule has 0 unspecified atom stereocenters. The molecular formula is C14H16N4O. The number of hydrogen-bond donors (Lipinski definition) is 3. The fourth-order valence-electron chi connectivity index (χ4n) is 1.72. The third kappa shape index (κ3) is 3.79. The Morgan fingerprint density at radius 1 is 1.16 bits per heavy atom. The third-order valence-electron chi connectivity index (χ3n) is 2.70. The van der Waals surface area contributed by atoms with Gasteiger partial charge in [-0.05, 0) is 23.3 Å². The number of pyridine rings is 1. The fourth-order valence-corrected chi connectivity index (χ4v) is 1.72. The smallest absolute Gasteiger partial charge is 0.188 e. The summed E-state index contributed by atoms with van der Waals surface area (Å²) in [5.74, 6) is 0.0184. The highest BCUT2D eigenvalue weighted by Gasteiger charge is 2.02. The third-order valence-corrected chi connectivity index (χ3v) is 2.70. The van der Waals surface area contributed by atoms with Gasteiger partial charge in [0.1, 0.15) is 5.69 Å². The zero-order valence-corrected chi connectivity index (χ0v) is 10.5. The van der Waals surface area contributed by atoms with Crippen molar-refractivity contribution in [1.29, 1.82) is 0 Å². The van der Waals surface area contributed by atoms with E-state index in [9.17, 15) is 0 Å². The van der Waals surface area contributed by atoms with Gasteiger partial charge in [0.2, 0.25) is 0 Å². The summed E-state index contributed by atoms with van der Waals surface area (Å²) in [7, 11) is 0. The molecule has 0 saturated heterocycles. The van der Waals surface area contributed by atoms with Gasteiger partial charge in [-0.1, -0.05) is 35.5 Å². The van der Waals surface area contributed by atoms with Crippen LogP contribution in [0.15, 0.2) is 53.8 Å². The lowest BCUT2D eigenvalue weighted by Crippen LogP contribution is -2.17. The lowest BCUT2D eigenvalue weighted by molar-refractivity contribution is 0.318. The highest BCUT2D eigenvalue weighted by atomic mass is 16.4. The maximum absolute atomic E-state index is 8.61. The zero-order chi connectivity index (χ0) is 13.5. The van der Waals surface area contributed by atoms with E-state index in [2.05, 4.69) is 27.6 Å². The van der Waals surface area contributed by atoms with Crippen molar-refractivity contribution >= 4 is 5.84 Å². The second kappa shape index (κ2) is 6.51. The number of rotatable bonds is 5. The monoisotopic (exact) mass is 256 g/mol. The molecule has 1 aromatic carbocycles. The minimum Gasteiger partial charge on any atom is -0.409 e. The molecule has 0 bridgehead atoms. The van der Waals surface area contributed by atoms with Gasteiger partial charge in [0.25, 0.3) is 0 Å². The Morgan fingerprint density at radius 3 is 2.63 bits per heavy atom. The molecule has 19 heavy (non-hydrogen) atoms. The van der Waals surface area contributed by atoms with Crippen LogP contribution in [0.4, 0.5) is 0 Å². The second-order valence-electron chi connectivity index (χ2n) is 4.12. The van der Waals surface area contributed by atoms with E-state index in [1.165, 1.54) is 5.56 Å². The topological polar surface area (TPSA) is 83.5 Å². The summed E-state index contributed by atoms with van der Waals surface area (Å²) in [6.07, 6.45) is 1.65. The number of amidine groups is 1. The Balaban J connectivity index is 1.93. The number of oxime groups is 1. The van der Waals surface area contributed by atoms with Gasteiger partial charge in [0.05, 0.1) is 0 Å². The van der Waals surface area contributed by atoms with Crippen LogP contribution in [-0.2, 0) is 13.1 Å². The molecule has 1 heterocycles. The van der Waals surface area contributed by atoms with Crippen molar-refractivity contribution in [3.8, 4) is 0 Å². The first-order valence-corrected chi connectivity index (χ1v) is 5.97. The van der Waals surface area contributed by atoms with Crippen LogP contribution in [0.25, 0.3) is 0 Å². The number of benzene rings is 1. The summed E-state index contributed by atoms with van der Waals surface area (Å²) in [4.78, 5) is 4.03. The van der Waals surface area contributed by atoms with Crippen LogP contribution >= 0.6 is 0 Å². The Hall–Kier alpha value is -2.40. The Kier molecular flexibility index (Phi) is 4.47. The van der Waals surface area contributed by atoms with Gasteiger partial charge < -0.3 is 16.3 Å². The van der Waals surface area contributed by atoms with E-state index in [4.69, 9.17) is 10.9 Å². The van der Waals surface area contributed by atoms with Crippen molar-refractivity contribution in [3.05, 3.63) is 65.5 Å². The van der Waals surface area contributed by atoms with Gasteiger partial charge in [-0.2, -0.15) is 0 Å². The molecule has 0 radical (unpaired) electrons. The maximum atomic E-state index is 8.61. The van der Waals surface area contributed by atoms with Crippen molar-refractivity contribution in [2.75, 3.05) is 0 Å². The molecule has 5 heteroatoms. The van der Waals surface area contributed by atoms with Gasteiger partial charge in [0, 0.05) is 19.3 Å². The van der Waals surface area contributed by atoms with E-state index in [1.807, 2.05) is 24.3 Å². The first-order chi connectivity index (χ1) is 9.29. The Bertz CT molecular complexity index is 554. The van der Waals surface area contributed by atoms with E-state index >= 15 is 0 Å². The normalized spacial score (nSPS) is 11.5. The zero-order valence-electron chi connectivity index (χ0n) is 10.5.